The Bertz CT molecular complexity index is 312. The number of pyridine rings is 1. The summed E-state index contributed by atoms with van der Waals surface area (Å²) in [6.45, 7) is 7.37. The van der Waals surface area contributed by atoms with Crippen LogP contribution in [0.1, 0.15) is 38.7 Å². The van der Waals surface area contributed by atoms with Crippen molar-refractivity contribution in [3.8, 4) is 0 Å². The number of unbranched alkanes of at least 4 members (excludes halogenated alkanes) is 2. The number of aromatic nitrogens is 1. The normalized spacial score (nSPS) is 10.5. The van der Waals surface area contributed by atoms with Gasteiger partial charge in [0.05, 0.1) is 0 Å². The molecule has 3 nitrogen and oxygen atoms in total. The van der Waals surface area contributed by atoms with Gasteiger partial charge in [-0.3, -0.25) is 0 Å². The molecule has 1 aromatic heterocycles. The molecule has 0 saturated carbocycles. The molecule has 1 heterocycles. The van der Waals surface area contributed by atoms with Crippen LogP contribution < -0.4 is 10.2 Å². The molecule has 0 atom stereocenters. The molecule has 96 valence electrons. The van der Waals surface area contributed by atoms with Crippen molar-refractivity contribution in [2.45, 2.75) is 39.7 Å². The third-order valence-corrected chi connectivity index (χ3v) is 2.88. The van der Waals surface area contributed by atoms with Gasteiger partial charge in [-0.1, -0.05) is 26.7 Å². The first-order valence-electron chi connectivity index (χ1n) is 6.64. The molecule has 3 heteroatoms. The molecule has 0 bridgehead atoms. The molecule has 0 radical (unpaired) electrons. The van der Waals surface area contributed by atoms with Crippen LogP contribution in [0.15, 0.2) is 18.3 Å². The first-order chi connectivity index (χ1) is 8.27. The summed E-state index contributed by atoms with van der Waals surface area (Å²) in [5, 5.41) is 3.34. The highest BCUT2D eigenvalue weighted by atomic mass is 15.2. The quantitative estimate of drug-likeness (QED) is 0.702. The zero-order chi connectivity index (χ0) is 12.5. The van der Waals surface area contributed by atoms with Crippen molar-refractivity contribution in [3.05, 3.63) is 23.9 Å². The van der Waals surface area contributed by atoms with Crippen LogP contribution in [0.25, 0.3) is 0 Å². The number of hydrogen-bond donors (Lipinski definition) is 1. The highest BCUT2D eigenvalue weighted by Crippen LogP contribution is 2.12. The van der Waals surface area contributed by atoms with Gasteiger partial charge in [0.2, 0.25) is 0 Å². The Morgan fingerprint density at radius 2 is 2.12 bits per heavy atom. The summed E-state index contributed by atoms with van der Waals surface area (Å²) < 4.78 is 0. The van der Waals surface area contributed by atoms with Crippen molar-refractivity contribution in [1.29, 1.82) is 0 Å². The van der Waals surface area contributed by atoms with Crippen molar-refractivity contribution in [2.75, 3.05) is 25.0 Å². The summed E-state index contributed by atoms with van der Waals surface area (Å²) in [5.74, 6) is 1.08. The van der Waals surface area contributed by atoms with E-state index in [1.807, 2.05) is 6.20 Å². The van der Waals surface area contributed by atoms with Crippen LogP contribution in [0, 0.1) is 0 Å². The predicted molar refractivity (Wildman–Crippen MR) is 74.4 cm³/mol. The molecule has 0 aromatic carbocycles. The number of hydrogen-bond acceptors (Lipinski definition) is 3. The minimum Gasteiger partial charge on any atom is -0.360 e. The summed E-state index contributed by atoms with van der Waals surface area (Å²) in [6.07, 6.45) is 5.70. The molecule has 1 rings (SSSR count). The second-order valence-corrected chi connectivity index (χ2v) is 4.43. The zero-order valence-electron chi connectivity index (χ0n) is 11.4. The van der Waals surface area contributed by atoms with E-state index in [0.29, 0.717) is 0 Å². The summed E-state index contributed by atoms with van der Waals surface area (Å²) in [4.78, 5) is 6.67. The minimum absolute atomic E-state index is 0.925. The van der Waals surface area contributed by atoms with E-state index in [4.69, 9.17) is 0 Å². The Labute approximate surface area is 105 Å². The Hall–Kier alpha value is -1.09. The molecular weight excluding hydrogens is 210 g/mol. The van der Waals surface area contributed by atoms with Gasteiger partial charge >= 0.3 is 0 Å². The molecule has 17 heavy (non-hydrogen) atoms. The largest absolute Gasteiger partial charge is 0.360 e. The highest BCUT2D eigenvalue weighted by molar-refractivity contribution is 5.39. The summed E-state index contributed by atoms with van der Waals surface area (Å²) in [6, 6.07) is 4.25. The first-order valence-corrected chi connectivity index (χ1v) is 6.64. The maximum Gasteiger partial charge on any atom is 0.128 e. The fraction of sp³-hybridized carbons (Fsp3) is 0.643. The number of anilines is 1. The van der Waals surface area contributed by atoms with Crippen molar-refractivity contribution in [1.82, 2.24) is 10.3 Å². The van der Waals surface area contributed by atoms with Crippen LogP contribution in [-0.2, 0) is 6.54 Å². The Balaban J connectivity index is 2.51. The van der Waals surface area contributed by atoms with Crippen molar-refractivity contribution in [3.63, 3.8) is 0 Å². The van der Waals surface area contributed by atoms with E-state index in [9.17, 15) is 0 Å². The van der Waals surface area contributed by atoms with Gasteiger partial charge in [0.15, 0.2) is 0 Å². The first kappa shape index (κ1) is 14.0. The molecule has 0 aliphatic rings. The van der Waals surface area contributed by atoms with Crippen LogP contribution in [0.3, 0.4) is 0 Å². The van der Waals surface area contributed by atoms with Gasteiger partial charge in [-0.05, 0) is 30.7 Å². The zero-order valence-corrected chi connectivity index (χ0v) is 11.4. The van der Waals surface area contributed by atoms with Crippen LogP contribution in [0.2, 0.25) is 0 Å². The molecule has 0 unspecified atom stereocenters. The van der Waals surface area contributed by atoms with E-state index >= 15 is 0 Å². The topological polar surface area (TPSA) is 28.2 Å². The lowest BCUT2D eigenvalue weighted by atomic mass is 10.2. The van der Waals surface area contributed by atoms with Gasteiger partial charge in [0.1, 0.15) is 5.82 Å². The maximum atomic E-state index is 4.42. The van der Waals surface area contributed by atoms with Gasteiger partial charge in [-0.25, -0.2) is 4.98 Å². The summed E-state index contributed by atoms with van der Waals surface area (Å²) in [7, 11) is 2.12. The lowest BCUT2D eigenvalue weighted by Crippen LogP contribution is -2.20. The van der Waals surface area contributed by atoms with E-state index in [2.05, 4.69) is 48.2 Å². The van der Waals surface area contributed by atoms with Crippen molar-refractivity contribution >= 4 is 5.82 Å². The van der Waals surface area contributed by atoms with Gasteiger partial charge in [0, 0.05) is 26.3 Å². The fourth-order valence-corrected chi connectivity index (χ4v) is 1.76. The van der Waals surface area contributed by atoms with Crippen molar-refractivity contribution < 1.29 is 0 Å². The van der Waals surface area contributed by atoms with Crippen LogP contribution in [0.4, 0.5) is 5.82 Å². The second-order valence-electron chi connectivity index (χ2n) is 4.43. The number of nitrogens with zero attached hydrogens (tertiary/aromatic N) is 2. The smallest absolute Gasteiger partial charge is 0.128 e. The molecular formula is C14H25N3. The van der Waals surface area contributed by atoms with Gasteiger partial charge in [-0.2, -0.15) is 0 Å². The van der Waals surface area contributed by atoms with Crippen LogP contribution in [-0.4, -0.2) is 25.1 Å². The molecule has 0 saturated heterocycles. The van der Waals surface area contributed by atoms with Crippen molar-refractivity contribution in [2.24, 2.45) is 0 Å². The van der Waals surface area contributed by atoms with Gasteiger partial charge < -0.3 is 10.2 Å². The average Bonchev–Trinajstić information content (AvgIpc) is 2.37. The van der Waals surface area contributed by atoms with E-state index in [1.165, 1.54) is 24.8 Å². The highest BCUT2D eigenvalue weighted by Gasteiger charge is 2.02. The minimum atomic E-state index is 0.925. The Morgan fingerprint density at radius 1 is 1.29 bits per heavy atom. The monoisotopic (exact) mass is 235 g/mol. The van der Waals surface area contributed by atoms with E-state index in [0.717, 1.165) is 25.5 Å². The summed E-state index contributed by atoms with van der Waals surface area (Å²) >= 11 is 0. The van der Waals surface area contributed by atoms with E-state index in [-0.39, 0.29) is 0 Å². The molecule has 1 aromatic rings. The number of nitrogens with one attached hydrogen (secondary N) is 1. The third-order valence-electron chi connectivity index (χ3n) is 2.88. The molecule has 0 fully saturated rings. The third kappa shape index (κ3) is 5.18. The van der Waals surface area contributed by atoms with Gasteiger partial charge in [-0.15, -0.1) is 0 Å². The number of rotatable bonds is 8. The maximum absolute atomic E-state index is 4.42. The summed E-state index contributed by atoms with van der Waals surface area (Å²) in [5.41, 5.74) is 1.30. The van der Waals surface area contributed by atoms with Gasteiger partial charge in [0.25, 0.3) is 0 Å². The molecule has 0 aliphatic heterocycles. The molecule has 0 aliphatic carbocycles. The fourth-order valence-electron chi connectivity index (χ4n) is 1.76. The van der Waals surface area contributed by atoms with E-state index < -0.39 is 0 Å². The van der Waals surface area contributed by atoms with Crippen LogP contribution in [0.5, 0.6) is 0 Å². The Kier molecular flexibility index (Phi) is 6.63. The lowest BCUT2D eigenvalue weighted by molar-refractivity contribution is 0.698. The Morgan fingerprint density at radius 3 is 2.82 bits per heavy atom. The second kappa shape index (κ2) is 8.07. The molecule has 0 amide bonds. The lowest BCUT2D eigenvalue weighted by Gasteiger charge is -2.18. The SMILES string of the molecule is CCCCCN(C)c1cc(CNCC)ccn1. The van der Waals surface area contributed by atoms with E-state index in [1.54, 1.807) is 0 Å². The molecule has 1 N–H and O–H groups in total. The van der Waals surface area contributed by atoms with Crippen LogP contribution >= 0.6 is 0 Å². The standard InChI is InChI=1S/C14H25N3/c1-4-6-7-10-17(3)14-11-13(8-9-16-14)12-15-5-2/h8-9,11,15H,4-7,10,12H2,1-3H3. The molecule has 0 spiro atoms. The average molecular weight is 235 g/mol. The predicted octanol–water partition coefficient (Wildman–Crippen LogP) is 2.82.